The summed E-state index contributed by atoms with van der Waals surface area (Å²) >= 11 is 5.93. The molecule has 1 aliphatic rings. The number of aliphatic hydroxyl groups is 2. The van der Waals surface area contributed by atoms with Crippen LogP contribution in [0.1, 0.15) is 12.5 Å². The van der Waals surface area contributed by atoms with Crippen molar-refractivity contribution in [3.8, 4) is 0 Å². The van der Waals surface area contributed by atoms with Gasteiger partial charge in [-0.2, -0.15) is 0 Å². The molecular formula is C12H12ClN3O4. The lowest BCUT2D eigenvalue weighted by Gasteiger charge is -2.18. The molecule has 4 unspecified atom stereocenters. The summed E-state index contributed by atoms with van der Waals surface area (Å²) in [7, 11) is 0. The van der Waals surface area contributed by atoms with Crippen molar-refractivity contribution in [2.45, 2.75) is 24.7 Å². The average molecular weight is 298 g/mol. The Morgan fingerprint density at radius 1 is 1.35 bits per heavy atom. The van der Waals surface area contributed by atoms with Crippen molar-refractivity contribution in [3.05, 3.63) is 23.7 Å². The Labute approximate surface area is 118 Å². The number of imidazole rings is 1. The monoisotopic (exact) mass is 297 g/mol. The molecule has 0 amide bonds. The molecule has 3 N–H and O–H groups in total. The summed E-state index contributed by atoms with van der Waals surface area (Å²) in [6.45, 7) is 0. The second-order valence-corrected chi connectivity index (χ2v) is 5.21. The van der Waals surface area contributed by atoms with Gasteiger partial charge in [-0.3, -0.25) is 4.79 Å². The van der Waals surface area contributed by atoms with Gasteiger partial charge in [0.15, 0.2) is 5.15 Å². The van der Waals surface area contributed by atoms with Crippen LogP contribution < -0.4 is 0 Å². The Balaban J connectivity index is 2.04. The van der Waals surface area contributed by atoms with E-state index in [4.69, 9.17) is 16.7 Å². The normalized spacial score (nSPS) is 29.9. The van der Waals surface area contributed by atoms with Crippen LogP contribution in [0.4, 0.5) is 0 Å². The lowest BCUT2D eigenvalue weighted by atomic mass is 10.1. The number of carboxylic acids is 1. The van der Waals surface area contributed by atoms with Gasteiger partial charge in [0, 0.05) is 6.20 Å². The Morgan fingerprint density at radius 2 is 2.10 bits per heavy atom. The highest BCUT2D eigenvalue weighted by Crippen LogP contribution is 2.37. The number of aromatic nitrogens is 3. The lowest BCUT2D eigenvalue weighted by Crippen LogP contribution is -2.32. The van der Waals surface area contributed by atoms with Crippen molar-refractivity contribution < 1.29 is 20.1 Å². The molecule has 106 valence electrons. The second-order valence-electron chi connectivity index (χ2n) is 4.85. The number of rotatable bonds is 2. The molecule has 7 nitrogen and oxygen atoms in total. The molecule has 0 radical (unpaired) electrons. The quantitative estimate of drug-likeness (QED) is 0.695. The number of aliphatic carboxylic acids is 1. The van der Waals surface area contributed by atoms with Crippen molar-refractivity contribution in [2.24, 2.45) is 5.92 Å². The number of carbonyl (C=O) groups is 1. The van der Waals surface area contributed by atoms with E-state index in [1.54, 1.807) is 10.6 Å². The summed E-state index contributed by atoms with van der Waals surface area (Å²) in [5.41, 5.74) is 1.13. The fourth-order valence-corrected chi connectivity index (χ4v) is 2.92. The van der Waals surface area contributed by atoms with Gasteiger partial charge in [-0.25, -0.2) is 9.97 Å². The summed E-state index contributed by atoms with van der Waals surface area (Å²) in [5, 5.41) is 29.2. The molecule has 20 heavy (non-hydrogen) atoms. The van der Waals surface area contributed by atoms with Gasteiger partial charge in [0.25, 0.3) is 0 Å². The highest BCUT2D eigenvalue weighted by atomic mass is 35.5. The van der Waals surface area contributed by atoms with Crippen molar-refractivity contribution in [3.63, 3.8) is 0 Å². The third kappa shape index (κ3) is 1.86. The van der Waals surface area contributed by atoms with Crippen LogP contribution in [0.15, 0.2) is 18.6 Å². The van der Waals surface area contributed by atoms with Crippen LogP contribution in [0.3, 0.4) is 0 Å². The van der Waals surface area contributed by atoms with Gasteiger partial charge in [0.2, 0.25) is 0 Å². The van der Waals surface area contributed by atoms with E-state index in [-0.39, 0.29) is 11.6 Å². The van der Waals surface area contributed by atoms with Gasteiger partial charge < -0.3 is 19.9 Å². The molecule has 3 rings (SSSR count). The van der Waals surface area contributed by atoms with E-state index >= 15 is 0 Å². The van der Waals surface area contributed by atoms with E-state index in [0.717, 1.165) is 0 Å². The van der Waals surface area contributed by atoms with Crippen LogP contribution in [0.25, 0.3) is 11.0 Å². The number of hydrogen-bond donors (Lipinski definition) is 3. The topological polar surface area (TPSA) is 108 Å². The molecule has 2 heterocycles. The molecule has 1 saturated carbocycles. The third-order valence-electron chi connectivity index (χ3n) is 3.77. The van der Waals surface area contributed by atoms with Gasteiger partial charge in [-0.05, 0) is 12.5 Å². The second kappa shape index (κ2) is 4.69. The fourth-order valence-electron chi connectivity index (χ4n) is 2.72. The lowest BCUT2D eigenvalue weighted by molar-refractivity contribution is -0.145. The SMILES string of the molecule is O=C(O)C1CC(n2cnc3c(Cl)nccc32)C(O)C1O. The Hall–Kier alpha value is -1.70. The zero-order valence-corrected chi connectivity index (χ0v) is 11.0. The minimum atomic E-state index is -1.30. The molecule has 0 aliphatic heterocycles. The van der Waals surface area contributed by atoms with Crippen molar-refractivity contribution >= 4 is 28.6 Å². The summed E-state index contributed by atoms with van der Waals surface area (Å²) in [4.78, 5) is 19.1. The third-order valence-corrected chi connectivity index (χ3v) is 4.05. The Kier molecular flexibility index (Phi) is 3.12. The van der Waals surface area contributed by atoms with Crippen LogP contribution in [0.5, 0.6) is 0 Å². The minimum Gasteiger partial charge on any atom is -0.481 e. The number of halogens is 1. The van der Waals surface area contributed by atoms with Gasteiger partial charge in [-0.1, -0.05) is 11.6 Å². The maximum atomic E-state index is 11.1. The van der Waals surface area contributed by atoms with Gasteiger partial charge in [-0.15, -0.1) is 0 Å². The van der Waals surface area contributed by atoms with E-state index in [9.17, 15) is 15.0 Å². The standard InChI is InChI=1S/C12H12ClN3O4/c13-11-8-6(1-2-14-11)16(4-15-8)7-3-5(12(19)20)9(17)10(7)18/h1-2,4-5,7,9-10,17-18H,3H2,(H,19,20). The van der Waals surface area contributed by atoms with E-state index in [1.807, 2.05) is 0 Å². The summed E-state index contributed by atoms with van der Waals surface area (Å²) < 4.78 is 1.64. The highest BCUT2D eigenvalue weighted by molar-refractivity contribution is 6.33. The Bertz CT molecular complexity index is 674. The van der Waals surface area contributed by atoms with Crippen molar-refractivity contribution in [2.75, 3.05) is 0 Å². The highest BCUT2D eigenvalue weighted by Gasteiger charge is 2.46. The summed E-state index contributed by atoms with van der Waals surface area (Å²) in [5.74, 6) is -2.12. The summed E-state index contributed by atoms with van der Waals surface area (Å²) in [6, 6.07) is 1.12. The molecule has 0 spiro atoms. The van der Waals surface area contributed by atoms with Crippen LogP contribution >= 0.6 is 11.6 Å². The first-order chi connectivity index (χ1) is 9.50. The smallest absolute Gasteiger partial charge is 0.309 e. The van der Waals surface area contributed by atoms with Gasteiger partial charge >= 0.3 is 5.97 Å². The zero-order chi connectivity index (χ0) is 14.4. The number of hydrogen-bond acceptors (Lipinski definition) is 5. The maximum Gasteiger partial charge on any atom is 0.309 e. The van der Waals surface area contributed by atoms with E-state index in [0.29, 0.717) is 11.0 Å². The molecule has 4 atom stereocenters. The molecule has 0 saturated heterocycles. The molecule has 0 bridgehead atoms. The number of aliphatic hydroxyl groups excluding tert-OH is 2. The van der Waals surface area contributed by atoms with Gasteiger partial charge in [0.05, 0.1) is 29.9 Å². The van der Waals surface area contributed by atoms with Crippen LogP contribution in [-0.4, -0.2) is 48.0 Å². The molecular weight excluding hydrogens is 286 g/mol. The van der Waals surface area contributed by atoms with E-state index < -0.39 is 30.1 Å². The maximum absolute atomic E-state index is 11.1. The van der Waals surface area contributed by atoms with Crippen LogP contribution in [0, 0.1) is 5.92 Å². The predicted octanol–water partition coefficient (Wildman–Crippen LogP) is 0.452. The number of fused-ring (bicyclic) bond motifs is 1. The fraction of sp³-hybridized carbons (Fsp3) is 0.417. The largest absolute Gasteiger partial charge is 0.481 e. The van der Waals surface area contributed by atoms with Gasteiger partial charge in [0.1, 0.15) is 11.6 Å². The summed E-state index contributed by atoms with van der Waals surface area (Å²) in [6.07, 6.45) is 0.647. The number of nitrogens with zero attached hydrogens (tertiary/aromatic N) is 3. The van der Waals surface area contributed by atoms with Crippen molar-refractivity contribution in [1.29, 1.82) is 0 Å². The Morgan fingerprint density at radius 3 is 2.75 bits per heavy atom. The molecule has 1 aliphatic carbocycles. The average Bonchev–Trinajstić information content (AvgIpc) is 2.94. The molecule has 1 fully saturated rings. The van der Waals surface area contributed by atoms with Crippen LogP contribution in [0.2, 0.25) is 5.15 Å². The molecule has 8 heteroatoms. The van der Waals surface area contributed by atoms with Crippen molar-refractivity contribution in [1.82, 2.24) is 14.5 Å². The minimum absolute atomic E-state index is 0.128. The first-order valence-electron chi connectivity index (χ1n) is 6.06. The first kappa shape index (κ1) is 13.3. The number of carboxylic acid groups (broad SMARTS) is 1. The predicted molar refractivity (Wildman–Crippen MR) is 69.3 cm³/mol. The van der Waals surface area contributed by atoms with E-state index in [1.165, 1.54) is 12.5 Å². The molecule has 2 aromatic rings. The first-order valence-corrected chi connectivity index (χ1v) is 6.44. The van der Waals surface area contributed by atoms with Crippen LogP contribution in [-0.2, 0) is 4.79 Å². The van der Waals surface area contributed by atoms with E-state index in [2.05, 4.69) is 9.97 Å². The molecule has 0 aromatic carbocycles. The molecule has 2 aromatic heterocycles. The zero-order valence-electron chi connectivity index (χ0n) is 10.2. The number of pyridine rings is 1.